The van der Waals surface area contributed by atoms with Crippen LogP contribution in [-0.2, 0) is 9.59 Å². The minimum absolute atomic E-state index is 0.119. The summed E-state index contributed by atoms with van der Waals surface area (Å²) < 4.78 is 14.4. The lowest BCUT2D eigenvalue weighted by atomic mass is 10.0. The lowest BCUT2D eigenvalue weighted by molar-refractivity contribution is -0.146. The van der Waals surface area contributed by atoms with Crippen LogP contribution in [0.1, 0.15) is 30.9 Å². The van der Waals surface area contributed by atoms with Crippen molar-refractivity contribution < 1.29 is 19.1 Å². The predicted molar refractivity (Wildman–Crippen MR) is 110 cm³/mol. The molecule has 154 valence electrons. The molecule has 2 fully saturated rings. The van der Waals surface area contributed by atoms with Crippen LogP contribution in [0.15, 0.2) is 48.6 Å². The first-order valence-corrected chi connectivity index (χ1v) is 9.84. The fraction of sp³-hybridized carbons (Fsp3) is 0.391. The van der Waals surface area contributed by atoms with E-state index < -0.39 is 5.60 Å². The van der Waals surface area contributed by atoms with Gasteiger partial charge in [0, 0.05) is 37.3 Å². The molecule has 1 heterocycles. The molecule has 1 aliphatic heterocycles. The molecule has 3 rings (SSSR count). The zero-order valence-corrected chi connectivity index (χ0v) is 16.9. The van der Waals surface area contributed by atoms with Crippen molar-refractivity contribution in [3.63, 3.8) is 0 Å². The highest BCUT2D eigenvalue weighted by Gasteiger charge is 2.50. The number of halogens is 1. The number of allylic oxidation sites excluding steroid dienone is 4. The van der Waals surface area contributed by atoms with Crippen molar-refractivity contribution in [2.24, 2.45) is 0 Å². The Hall–Kier alpha value is -2.73. The highest BCUT2D eigenvalue weighted by atomic mass is 19.1. The molecule has 0 atom stereocenters. The number of nitrogens with zero attached hydrogens (tertiary/aromatic N) is 2. The van der Waals surface area contributed by atoms with Crippen molar-refractivity contribution >= 4 is 17.4 Å². The fourth-order valence-corrected chi connectivity index (χ4v) is 3.41. The van der Waals surface area contributed by atoms with Gasteiger partial charge in [-0.3, -0.25) is 9.59 Å². The second-order valence-electron chi connectivity index (χ2n) is 7.73. The average molecular weight is 398 g/mol. The first-order chi connectivity index (χ1) is 13.8. The maximum Gasteiger partial charge on any atom is 0.254 e. The van der Waals surface area contributed by atoms with Crippen LogP contribution in [0.4, 0.5) is 4.39 Å². The van der Waals surface area contributed by atoms with Crippen molar-refractivity contribution in [1.29, 1.82) is 0 Å². The Balaban J connectivity index is 1.65. The minimum atomic E-state index is -1.17. The number of carbonyl (C=O) groups excluding carboxylic acids is 2. The maximum atomic E-state index is 14.4. The summed E-state index contributed by atoms with van der Waals surface area (Å²) in [6, 6.07) is 5.17. The van der Waals surface area contributed by atoms with Gasteiger partial charge >= 0.3 is 0 Å². The molecule has 0 radical (unpaired) electrons. The van der Waals surface area contributed by atoms with Crippen LogP contribution in [0.25, 0.3) is 5.57 Å². The van der Waals surface area contributed by atoms with Crippen LogP contribution >= 0.6 is 0 Å². The molecule has 6 heteroatoms. The first kappa shape index (κ1) is 21.0. The van der Waals surface area contributed by atoms with Gasteiger partial charge in [-0.15, -0.1) is 0 Å². The molecular weight excluding hydrogens is 371 g/mol. The Morgan fingerprint density at radius 2 is 1.76 bits per heavy atom. The number of benzene rings is 1. The van der Waals surface area contributed by atoms with Gasteiger partial charge in [0.2, 0.25) is 5.91 Å². The number of piperazine rings is 1. The summed E-state index contributed by atoms with van der Waals surface area (Å²) in [4.78, 5) is 28.2. The summed E-state index contributed by atoms with van der Waals surface area (Å²) in [5.41, 5.74) is 0.959. The summed E-state index contributed by atoms with van der Waals surface area (Å²) in [6.07, 6.45) is 5.98. The summed E-state index contributed by atoms with van der Waals surface area (Å²) in [7, 11) is 0. The fourth-order valence-electron chi connectivity index (χ4n) is 3.41. The molecule has 29 heavy (non-hydrogen) atoms. The number of amides is 2. The van der Waals surface area contributed by atoms with E-state index in [9.17, 15) is 19.1 Å². The Morgan fingerprint density at radius 3 is 2.34 bits per heavy atom. The number of hydrogen-bond donors (Lipinski definition) is 1. The van der Waals surface area contributed by atoms with Crippen LogP contribution in [0, 0.1) is 12.7 Å². The molecule has 0 aromatic heterocycles. The third kappa shape index (κ3) is 4.48. The van der Waals surface area contributed by atoms with Gasteiger partial charge in [0.05, 0.1) is 0 Å². The third-order valence-electron chi connectivity index (χ3n) is 5.55. The van der Waals surface area contributed by atoms with Gasteiger partial charge in [-0.25, -0.2) is 4.39 Å². The summed E-state index contributed by atoms with van der Waals surface area (Å²) in [5, 5.41) is 9.97. The molecule has 1 saturated heterocycles. The van der Waals surface area contributed by atoms with E-state index in [1.165, 1.54) is 0 Å². The normalized spacial score (nSPS) is 19.2. The molecule has 1 N–H and O–H groups in total. The molecule has 0 unspecified atom stereocenters. The van der Waals surface area contributed by atoms with Gasteiger partial charge in [-0.05, 0) is 37.8 Å². The van der Waals surface area contributed by atoms with Crippen LogP contribution in [0.2, 0.25) is 0 Å². The van der Waals surface area contributed by atoms with Crippen molar-refractivity contribution in [1.82, 2.24) is 9.80 Å². The van der Waals surface area contributed by atoms with E-state index in [2.05, 4.69) is 6.58 Å². The lowest BCUT2D eigenvalue weighted by Crippen LogP contribution is -2.53. The van der Waals surface area contributed by atoms with E-state index in [1.54, 1.807) is 60.1 Å². The molecule has 2 aliphatic rings. The first-order valence-electron chi connectivity index (χ1n) is 9.84. The quantitative estimate of drug-likeness (QED) is 0.613. The number of hydrogen-bond acceptors (Lipinski definition) is 3. The predicted octanol–water partition coefficient (Wildman–Crippen LogP) is 2.85. The topological polar surface area (TPSA) is 60.9 Å². The van der Waals surface area contributed by atoms with Gasteiger partial charge in [0.15, 0.2) is 0 Å². The Kier molecular flexibility index (Phi) is 6.03. The highest BCUT2D eigenvalue weighted by molar-refractivity contribution is 5.94. The standard InChI is InChI=1S/C23H27FN2O3/c1-4-18(19-7-5-6-16(2)20(19)24)9-8-17(3)21(27)25-12-14-26(15-13-25)22(28)23(29)10-11-23/h4-9,29H,1,10-15H2,2-3H3/b17-8+,18-9+. The lowest BCUT2D eigenvalue weighted by Gasteiger charge is -2.36. The van der Waals surface area contributed by atoms with Gasteiger partial charge in [-0.1, -0.05) is 43.0 Å². The largest absolute Gasteiger partial charge is 0.380 e. The van der Waals surface area contributed by atoms with E-state index in [0.717, 1.165) is 0 Å². The number of aliphatic hydroxyl groups is 1. The van der Waals surface area contributed by atoms with Crippen molar-refractivity contribution in [2.45, 2.75) is 32.3 Å². The Morgan fingerprint density at radius 1 is 1.14 bits per heavy atom. The zero-order chi connectivity index (χ0) is 21.2. The van der Waals surface area contributed by atoms with Crippen LogP contribution in [-0.4, -0.2) is 58.5 Å². The van der Waals surface area contributed by atoms with E-state index in [4.69, 9.17) is 0 Å². The number of rotatable bonds is 5. The van der Waals surface area contributed by atoms with Gasteiger partial charge in [0.1, 0.15) is 11.4 Å². The summed E-state index contributed by atoms with van der Waals surface area (Å²) in [6.45, 7) is 8.87. The van der Waals surface area contributed by atoms with Crippen LogP contribution in [0.3, 0.4) is 0 Å². The maximum absolute atomic E-state index is 14.4. The molecule has 1 aliphatic carbocycles. The summed E-state index contributed by atoms with van der Waals surface area (Å²) in [5.74, 6) is -0.642. The van der Waals surface area contributed by atoms with E-state index in [-0.39, 0.29) is 17.6 Å². The second kappa shape index (κ2) is 8.33. The minimum Gasteiger partial charge on any atom is -0.380 e. The smallest absolute Gasteiger partial charge is 0.254 e. The molecule has 1 aromatic carbocycles. The van der Waals surface area contributed by atoms with E-state index in [1.807, 2.05) is 0 Å². The zero-order valence-electron chi connectivity index (χ0n) is 16.9. The SMILES string of the molecule is C=C/C(=C\C=C(/C)C(=O)N1CCN(C(=O)C2(O)CC2)CC1)c1cccc(C)c1F. The second-order valence-corrected chi connectivity index (χ2v) is 7.73. The molecular formula is C23H27FN2O3. The van der Waals surface area contributed by atoms with E-state index in [0.29, 0.717) is 61.3 Å². The Labute approximate surface area is 170 Å². The van der Waals surface area contributed by atoms with Crippen molar-refractivity contribution in [2.75, 3.05) is 26.2 Å². The Bertz CT molecular complexity index is 891. The highest BCUT2D eigenvalue weighted by Crippen LogP contribution is 2.37. The van der Waals surface area contributed by atoms with Gasteiger partial charge in [-0.2, -0.15) is 0 Å². The van der Waals surface area contributed by atoms with Crippen LogP contribution < -0.4 is 0 Å². The van der Waals surface area contributed by atoms with Gasteiger partial charge in [0.25, 0.3) is 5.91 Å². The molecule has 0 spiro atoms. The van der Waals surface area contributed by atoms with Crippen LogP contribution in [0.5, 0.6) is 0 Å². The summed E-state index contributed by atoms with van der Waals surface area (Å²) >= 11 is 0. The number of carbonyl (C=O) groups is 2. The molecule has 5 nitrogen and oxygen atoms in total. The third-order valence-corrected chi connectivity index (χ3v) is 5.55. The molecule has 1 saturated carbocycles. The average Bonchev–Trinajstić information content (AvgIpc) is 3.48. The monoisotopic (exact) mass is 398 g/mol. The van der Waals surface area contributed by atoms with Gasteiger partial charge < -0.3 is 14.9 Å². The van der Waals surface area contributed by atoms with Crippen molar-refractivity contribution in [3.8, 4) is 0 Å². The number of aryl methyl sites for hydroxylation is 1. The van der Waals surface area contributed by atoms with Crippen molar-refractivity contribution in [3.05, 3.63) is 65.5 Å². The molecule has 0 bridgehead atoms. The van der Waals surface area contributed by atoms with E-state index >= 15 is 0 Å². The molecule has 1 aromatic rings. The molecule has 2 amide bonds.